The van der Waals surface area contributed by atoms with Crippen LogP contribution in [0.4, 0.5) is 13.2 Å². The van der Waals surface area contributed by atoms with Gasteiger partial charge in [0, 0.05) is 16.7 Å². The van der Waals surface area contributed by atoms with Crippen molar-refractivity contribution in [1.82, 2.24) is 0 Å². The maximum absolute atomic E-state index is 14.3. The molecular formula is C20H11F3O2. The lowest BCUT2D eigenvalue weighted by atomic mass is 9.93. The number of hydrogen-bond acceptors (Lipinski definition) is 2. The van der Waals surface area contributed by atoms with Crippen LogP contribution in [-0.2, 0) is 0 Å². The molecule has 0 saturated carbocycles. The van der Waals surface area contributed by atoms with Crippen LogP contribution in [0.1, 0.15) is 31.8 Å². The molecule has 2 nitrogen and oxygen atoms in total. The monoisotopic (exact) mass is 340 g/mol. The molecule has 0 heterocycles. The summed E-state index contributed by atoms with van der Waals surface area (Å²) in [5.74, 6) is -3.25. The van der Waals surface area contributed by atoms with Gasteiger partial charge in [-0.05, 0) is 54.6 Å². The SMILES string of the molecule is O=C(c1ccc(F)cc1)c1cccc(F)c1C(=O)c1ccc(F)cc1. The number of ketones is 2. The van der Waals surface area contributed by atoms with Gasteiger partial charge in [0.1, 0.15) is 17.5 Å². The summed E-state index contributed by atoms with van der Waals surface area (Å²) < 4.78 is 40.3. The second-order valence-corrected chi connectivity index (χ2v) is 5.33. The van der Waals surface area contributed by atoms with Gasteiger partial charge in [-0.1, -0.05) is 12.1 Å². The van der Waals surface area contributed by atoms with E-state index < -0.39 is 34.6 Å². The number of benzene rings is 3. The van der Waals surface area contributed by atoms with Gasteiger partial charge in [-0.25, -0.2) is 13.2 Å². The molecule has 0 atom stereocenters. The topological polar surface area (TPSA) is 34.1 Å². The van der Waals surface area contributed by atoms with Crippen molar-refractivity contribution in [2.45, 2.75) is 0 Å². The molecule has 0 aliphatic heterocycles. The summed E-state index contributed by atoms with van der Waals surface area (Å²) in [6, 6.07) is 13.0. The van der Waals surface area contributed by atoms with E-state index in [9.17, 15) is 22.8 Å². The lowest BCUT2D eigenvalue weighted by Gasteiger charge is -2.09. The van der Waals surface area contributed by atoms with Gasteiger partial charge in [-0.3, -0.25) is 9.59 Å². The fraction of sp³-hybridized carbons (Fsp3) is 0. The normalized spacial score (nSPS) is 10.5. The first-order valence-corrected chi connectivity index (χ1v) is 7.36. The second kappa shape index (κ2) is 6.73. The first-order valence-electron chi connectivity index (χ1n) is 7.36. The summed E-state index contributed by atoms with van der Waals surface area (Å²) in [7, 11) is 0. The van der Waals surface area contributed by atoms with Crippen molar-refractivity contribution in [3.05, 3.63) is 106 Å². The number of halogens is 3. The van der Waals surface area contributed by atoms with E-state index >= 15 is 0 Å². The molecule has 0 saturated heterocycles. The van der Waals surface area contributed by atoms with Crippen LogP contribution in [0.2, 0.25) is 0 Å². The van der Waals surface area contributed by atoms with E-state index in [-0.39, 0.29) is 16.7 Å². The molecule has 0 aliphatic carbocycles. The van der Waals surface area contributed by atoms with Crippen LogP contribution < -0.4 is 0 Å². The van der Waals surface area contributed by atoms with Gasteiger partial charge in [0.2, 0.25) is 0 Å². The van der Waals surface area contributed by atoms with Gasteiger partial charge in [-0.15, -0.1) is 0 Å². The Hall–Kier alpha value is -3.21. The third kappa shape index (κ3) is 3.35. The van der Waals surface area contributed by atoms with Crippen molar-refractivity contribution < 1.29 is 22.8 Å². The zero-order valence-electron chi connectivity index (χ0n) is 12.8. The third-order valence-corrected chi connectivity index (χ3v) is 3.70. The molecule has 5 heteroatoms. The molecule has 124 valence electrons. The van der Waals surface area contributed by atoms with E-state index in [1.165, 1.54) is 36.4 Å². The zero-order valence-corrected chi connectivity index (χ0v) is 12.8. The van der Waals surface area contributed by atoms with Crippen LogP contribution in [-0.4, -0.2) is 11.6 Å². The predicted octanol–water partition coefficient (Wildman–Crippen LogP) is 4.57. The van der Waals surface area contributed by atoms with Crippen molar-refractivity contribution in [2.24, 2.45) is 0 Å². The first-order chi connectivity index (χ1) is 12.0. The average Bonchev–Trinajstić information content (AvgIpc) is 2.61. The standard InChI is InChI=1S/C20H11F3O2/c21-14-8-4-12(5-9-14)19(24)16-2-1-3-17(23)18(16)20(25)13-6-10-15(22)11-7-13/h1-11H. The van der Waals surface area contributed by atoms with Crippen molar-refractivity contribution in [3.63, 3.8) is 0 Å². The smallest absolute Gasteiger partial charge is 0.196 e. The van der Waals surface area contributed by atoms with Crippen LogP contribution in [0.5, 0.6) is 0 Å². The summed E-state index contributed by atoms with van der Waals surface area (Å²) >= 11 is 0. The van der Waals surface area contributed by atoms with E-state index in [1.807, 2.05) is 0 Å². The maximum atomic E-state index is 14.3. The lowest BCUT2D eigenvalue weighted by Crippen LogP contribution is -2.13. The van der Waals surface area contributed by atoms with Gasteiger partial charge in [0.15, 0.2) is 11.6 Å². The largest absolute Gasteiger partial charge is 0.289 e. The molecule has 0 aromatic heterocycles. The minimum atomic E-state index is -0.859. The Labute approximate surface area is 141 Å². The molecule has 3 rings (SSSR count). The van der Waals surface area contributed by atoms with Gasteiger partial charge in [0.25, 0.3) is 0 Å². The molecule has 0 fully saturated rings. The molecule has 0 radical (unpaired) electrons. The molecule has 3 aromatic carbocycles. The number of carbonyl (C=O) groups is 2. The molecule has 3 aromatic rings. The zero-order chi connectivity index (χ0) is 18.0. The number of rotatable bonds is 4. The van der Waals surface area contributed by atoms with Gasteiger partial charge >= 0.3 is 0 Å². The van der Waals surface area contributed by atoms with Crippen LogP contribution >= 0.6 is 0 Å². The average molecular weight is 340 g/mol. The molecule has 0 unspecified atom stereocenters. The molecule has 0 amide bonds. The molecule has 0 aliphatic rings. The van der Waals surface area contributed by atoms with Crippen molar-refractivity contribution in [2.75, 3.05) is 0 Å². The van der Waals surface area contributed by atoms with E-state index in [0.29, 0.717) is 0 Å². The summed E-state index contributed by atoms with van der Waals surface area (Å²) in [5.41, 5.74) is -0.357. The minimum absolute atomic E-state index is 0.0552. The maximum Gasteiger partial charge on any atom is 0.196 e. The van der Waals surface area contributed by atoms with E-state index in [2.05, 4.69) is 0 Å². The Morgan fingerprint density at radius 1 is 0.600 bits per heavy atom. The van der Waals surface area contributed by atoms with Crippen molar-refractivity contribution >= 4 is 11.6 Å². The van der Waals surface area contributed by atoms with Crippen molar-refractivity contribution in [1.29, 1.82) is 0 Å². The first kappa shape index (κ1) is 16.6. The predicted molar refractivity (Wildman–Crippen MR) is 86.1 cm³/mol. The van der Waals surface area contributed by atoms with Crippen molar-refractivity contribution in [3.8, 4) is 0 Å². The Bertz CT molecular complexity index is 946. The Balaban J connectivity index is 2.08. The third-order valence-electron chi connectivity index (χ3n) is 3.70. The Morgan fingerprint density at radius 2 is 1.08 bits per heavy atom. The lowest BCUT2D eigenvalue weighted by molar-refractivity contribution is 0.1000. The van der Waals surface area contributed by atoms with Crippen LogP contribution in [0.3, 0.4) is 0 Å². The van der Waals surface area contributed by atoms with Crippen LogP contribution in [0, 0.1) is 17.5 Å². The quantitative estimate of drug-likeness (QED) is 0.652. The molecule has 0 spiro atoms. The highest BCUT2D eigenvalue weighted by molar-refractivity contribution is 6.19. The minimum Gasteiger partial charge on any atom is -0.289 e. The van der Waals surface area contributed by atoms with Gasteiger partial charge in [0.05, 0.1) is 5.56 Å². The molecule has 25 heavy (non-hydrogen) atoms. The number of hydrogen-bond donors (Lipinski definition) is 0. The highest BCUT2D eigenvalue weighted by Crippen LogP contribution is 2.22. The Kier molecular flexibility index (Phi) is 4.48. The fourth-order valence-electron chi connectivity index (χ4n) is 2.45. The van der Waals surface area contributed by atoms with Gasteiger partial charge in [-0.2, -0.15) is 0 Å². The summed E-state index contributed by atoms with van der Waals surface area (Å²) in [6.45, 7) is 0. The molecular weight excluding hydrogens is 329 g/mol. The molecule has 0 N–H and O–H groups in total. The second-order valence-electron chi connectivity index (χ2n) is 5.33. The van der Waals surface area contributed by atoms with E-state index in [4.69, 9.17) is 0 Å². The fourth-order valence-corrected chi connectivity index (χ4v) is 2.45. The van der Waals surface area contributed by atoms with Crippen LogP contribution in [0.15, 0.2) is 66.7 Å². The summed E-state index contributed by atoms with van der Waals surface area (Å²) in [5, 5.41) is 0. The Morgan fingerprint density at radius 3 is 1.60 bits per heavy atom. The van der Waals surface area contributed by atoms with E-state index in [0.717, 1.165) is 30.3 Å². The van der Waals surface area contributed by atoms with E-state index in [1.54, 1.807) is 0 Å². The molecule has 0 bridgehead atoms. The summed E-state index contributed by atoms with van der Waals surface area (Å²) in [4.78, 5) is 25.2. The highest BCUT2D eigenvalue weighted by atomic mass is 19.1. The van der Waals surface area contributed by atoms with Gasteiger partial charge < -0.3 is 0 Å². The highest BCUT2D eigenvalue weighted by Gasteiger charge is 2.23. The summed E-state index contributed by atoms with van der Waals surface area (Å²) in [6.07, 6.45) is 0. The number of carbonyl (C=O) groups excluding carboxylic acids is 2. The van der Waals surface area contributed by atoms with Crippen LogP contribution in [0.25, 0.3) is 0 Å².